The number of aromatic nitrogens is 2. The standard InChI is InChI=1S/C26H28N4O4S2/c1-16(31)20-6-7-21(36-20)24(34)29-11-8-26(9-12-29)10-13-30(15-26)22(32)17-4-5-18-19(14-17)27-25(35-3)28(2)23(18)33/h4-7,14H,8-13,15H2,1-3H3. The topological polar surface area (TPSA) is 92.6 Å². The third-order valence-electron chi connectivity index (χ3n) is 7.47. The molecule has 8 nitrogen and oxygen atoms in total. The van der Waals surface area contributed by atoms with E-state index in [2.05, 4.69) is 4.98 Å². The van der Waals surface area contributed by atoms with Crippen LogP contribution in [0.25, 0.3) is 10.9 Å². The van der Waals surface area contributed by atoms with Gasteiger partial charge in [-0.25, -0.2) is 4.98 Å². The zero-order valence-corrected chi connectivity index (χ0v) is 22.2. The van der Waals surface area contributed by atoms with E-state index in [4.69, 9.17) is 0 Å². The number of piperidine rings is 1. The fraction of sp³-hybridized carbons (Fsp3) is 0.423. The molecule has 0 unspecified atom stereocenters. The monoisotopic (exact) mass is 524 g/mol. The third-order valence-corrected chi connectivity index (χ3v) is 9.37. The molecular formula is C26H28N4O4S2. The Bertz CT molecular complexity index is 1440. The highest BCUT2D eigenvalue weighted by Gasteiger charge is 2.43. The Labute approximate surface area is 217 Å². The molecule has 1 aromatic carbocycles. The van der Waals surface area contributed by atoms with E-state index < -0.39 is 0 Å². The molecule has 188 valence electrons. The number of thioether (sulfide) groups is 1. The van der Waals surface area contributed by atoms with Gasteiger partial charge in [0.05, 0.1) is 20.7 Å². The number of benzene rings is 1. The summed E-state index contributed by atoms with van der Waals surface area (Å²) >= 11 is 2.65. The predicted octanol–water partition coefficient (Wildman–Crippen LogP) is 3.69. The molecule has 2 aliphatic rings. The molecule has 36 heavy (non-hydrogen) atoms. The zero-order valence-electron chi connectivity index (χ0n) is 20.6. The molecule has 0 aliphatic carbocycles. The number of rotatable bonds is 4. The Morgan fingerprint density at radius 1 is 0.972 bits per heavy atom. The van der Waals surface area contributed by atoms with E-state index in [9.17, 15) is 19.2 Å². The maximum atomic E-state index is 13.4. The highest BCUT2D eigenvalue weighted by Crippen LogP contribution is 2.41. The maximum absolute atomic E-state index is 13.4. The number of hydrogen-bond donors (Lipinski definition) is 0. The van der Waals surface area contributed by atoms with Gasteiger partial charge < -0.3 is 9.80 Å². The molecule has 3 aromatic rings. The lowest BCUT2D eigenvalue weighted by atomic mass is 9.77. The summed E-state index contributed by atoms with van der Waals surface area (Å²) in [4.78, 5) is 60.0. The number of amides is 2. The first-order valence-electron chi connectivity index (χ1n) is 12.0. The number of thiophene rings is 1. The summed E-state index contributed by atoms with van der Waals surface area (Å²) in [6.07, 6.45) is 4.48. The molecule has 0 saturated carbocycles. The number of likely N-dealkylation sites (tertiary alicyclic amines) is 2. The SMILES string of the molecule is CSc1nc2cc(C(=O)N3CCC4(CCN(C(=O)c5ccc(C(C)=O)s5)CC4)C3)ccc2c(=O)n1C. The van der Waals surface area contributed by atoms with Gasteiger partial charge in [-0.05, 0) is 68.2 Å². The van der Waals surface area contributed by atoms with Crippen LogP contribution < -0.4 is 5.56 Å². The number of carbonyl (C=O) groups is 3. The van der Waals surface area contributed by atoms with E-state index in [0.717, 1.165) is 19.3 Å². The quantitative estimate of drug-likeness (QED) is 0.294. The van der Waals surface area contributed by atoms with Crippen LogP contribution in [0.5, 0.6) is 0 Å². The Morgan fingerprint density at radius 2 is 1.64 bits per heavy atom. The van der Waals surface area contributed by atoms with Crippen molar-refractivity contribution in [3.63, 3.8) is 0 Å². The van der Waals surface area contributed by atoms with Crippen LogP contribution in [0.4, 0.5) is 0 Å². The molecule has 0 N–H and O–H groups in total. The normalized spacial score (nSPS) is 17.2. The van der Waals surface area contributed by atoms with E-state index in [1.54, 1.807) is 37.4 Å². The predicted molar refractivity (Wildman–Crippen MR) is 141 cm³/mol. The van der Waals surface area contributed by atoms with Gasteiger partial charge in [0.15, 0.2) is 10.9 Å². The lowest BCUT2D eigenvalue weighted by Gasteiger charge is -2.39. The molecule has 0 radical (unpaired) electrons. The summed E-state index contributed by atoms with van der Waals surface area (Å²) in [6.45, 7) is 4.15. The van der Waals surface area contributed by atoms with Crippen LogP contribution in [0.3, 0.4) is 0 Å². The summed E-state index contributed by atoms with van der Waals surface area (Å²) in [6, 6.07) is 8.59. The van der Waals surface area contributed by atoms with Gasteiger partial charge in [-0.15, -0.1) is 11.3 Å². The highest BCUT2D eigenvalue weighted by atomic mass is 32.2. The van der Waals surface area contributed by atoms with Crippen molar-refractivity contribution in [2.45, 2.75) is 31.3 Å². The second-order valence-electron chi connectivity index (χ2n) is 9.68. The Morgan fingerprint density at radius 3 is 2.28 bits per heavy atom. The van der Waals surface area contributed by atoms with E-state index in [0.29, 0.717) is 57.6 Å². The molecule has 4 heterocycles. The van der Waals surface area contributed by atoms with Gasteiger partial charge in [-0.1, -0.05) is 11.8 Å². The number of carbonyl (C=O) groups excluding carboxylic acids is 3. The number of nitrogens with zero attached hydrogens (tertiary/aromatic N) is 4. The van der Waals surface area contributed by atoms with Crippen LogP contribution in [-0.2, 0) is 7.05 Å². The van der Waals surface area contributed by atoms with Gasteiger partial charge in [-0.3, -0.25) is 23.7 Å². The summed E-state index contributed by atoms with van der Waals surface area (Å²) in [5.41, 5.74) is 0.975. The van der Waals surface area contributed by atoms with Crippen molar-refractivity contribution in [2.75, 3.05) is 32.4 Å². The van der Waals surface area contributed by atoms with Crippen molar-refractivity contribution < 1.29 is 14.4 Å². The van der Waals surface area contributed by atoms with Crippen LogP contribution in [0.1, 0.15) is 55.9 Å². The molecule has 10 heteroatoms. The number of fused-ring (bicyclic) bond motifs is 1. The lowest BCUT2D eigenvalue weighted by Crippen LogP contribution is -2.44. The van der Waals surface area contributed by atoms with Gasteiger partial charge >= 0.3 is 0 Å². The van der Waals surface area contributed by atoms with Crippen LogP contribution in [0.2, 0.25) is 0 Å². The highest BCUT2D eigenvalue weighted by molar-refractivity contribution is 7.98. The first-order chi connectivity index (χ1) is 17.2. The molecule has 2 aliphatic heterocycles. The van der Waals surface area contributed by atoms with Crippen LogP contribution >= 0.6 is 23.1 Å². The first kappa shape index (κ1) is 24.7. The van der Waals surface area contributed by atoms with Gasteiger partial charge in [0.25, 0.3) is 17.4 Å². The second-order valence-corrected chi connectivity index (χ2v) is 11.5. The summed E-state index contributed by atoms with van der Waals surface area (Å²) in [5.74, 6) is -0.0924. The Kier molecular flexibility index (Phi) is 6.50. The second kappa shape index (κ2) is 9.48. The van der Waals surface area contributed by atoms with Crippen molar-refractivity contribution in [2.24, 2.45) is 12.5 Å². The van der Waals surface area contributed by atoms with Crippen LogP contribution in [0, 0.1) is 5.41 Å². The minimum atomic E-state index is -0.121. The molecule has 1 spiro atoms. The molecule has 2 aromatic heterocycles. The molecular weight excluding hydrogens is 496 g/mol. The zero-order chi connectivity index (χ0) is 25.6. The van der Waals surface area contributed by atoms with Crippen LogP contribution in [0.15, 0.2) is 40.3 Å². The molecule has 5 rings (SSSR count). The number of ketones is 1. The van der Waals surface area contributed by atoms with Crippen molar-refractivity contribution in [1.29, 1.82) is 0 Å². The fourth-order valence-corrected chi connectivity index (χ4v) is 6.66. The number of hydrogen-bond acceptors (Lipinski definition) is 7. The van der Waals surface area contributed by atoms with E-state index in [1.807, 2.05) is 16.1 Å². The minimum absolute atomic E-state index is 0.0174. The maximum Gasteiger partial charge on any atom is 0.263 e. The van der Waals surface area contributed by atoms with Crippen LogP contribution in [-0.4, -0.2) is 69.4 Å². The largest absolute Gasteiger partial charge is 0.338 e. The van der Waals surface area contributed by atoms with Gasteiger partial charge in [-0.2, -0.15) is 0 Å². The van der Waals surface area contributed by atoms with Gasteiger partial charge in [0, 0.05) is 38.8 Å². The van der Waals surface area contributed by atoms with Crippen molar-refractivity contribution in [3.8, 4) is 0 Å². The summed E-state index contributed by atoms with van der Waals surface area (Å²) < 4.78 is 1.52. The van der Waals surface area contributed by atoms with E-state index in [-0.39, 0.29) is 28.6 Å². The first-order valence-corrected chi connectivity index (χ1v) is 14.0. The summed E-state index contributed by atoms with van der Waals surface area (Å²) in [5, 5.41) is 1.11. The summed E-state index contributed by atoms with van der Waals surface area (Å²) in [7, 11) is 1.70. The Hall–Kier alpha value is -2.98. The van der Waals surface area contributed by atoms with E-state index >= 15 is 0 Å². The van der Waals surface area contributed by atoms with Gasteiger partial charge in [0.1, 0.15) is 0 Å². The van der Waals surface area contributed by atoms with Crippen molar-refractivity contribution in [1.82, 2.24) is 19.4 Å². The Balaban J connectivity index is 1.26. The smallest absolute Gasteiger partial charge is 0.263 e. The lowest BCUT2D eigenvalue weighted by molar-refractivity contribution is 0.0569. The van der Waals surface area contributed by atoms with E-state index in [1.165, 1.54) is 34.6 Å². The molecule has 0 atom stereocenters. The molecule has 2 fully saturated rings. The van der Waals surface area contributed by atoms with Gasteiger partial charge in [0.2, 0.25) is 0 Å². The molecule has 2 saturated heterocycles. The van der Waals surface area contributed by atoms with Crippen molar-refractivity contribution in [3.05, 3.63) is 56.0 Å². The molecule has 2 amide bonds. The minimum Gasteiger partial charge on any atom is -0.338 e. The average molecular weight is 525 g/mol. The average Bonchev–Trinajstić information content (AvgIpc) is 3.54. The van der Waals surface area contributed by atoms with Crippen molar-refractivity contribution >= 4 is 51.6 Å². The third kappa shape index (κ3) is 4.37. The fourth-order valence-electron chi connectivity index (χ4n) is 5.25. The molecule has 0 bridgehead atoms. The number of Topliss-reactive ketones (excluding diaryl/α,β-unsaturated/α-hetero) is 1.